The molecule has 35 heavy (non-hydrogen) atoms. The zero-order valence-corrected chi connectivity index (χ0v) is 19.7. The molecule has 0 saturated carbocycles. The maximum absolute atomic E-state index is 12.4. The van der Waals surface area contributed by atoms with Gasteiger partial charge in [-0.1, -0.05) is 30.3 Å². The van der Waals surface area contributed by atoms with Gasteiger partial charge in [0.05, 0.1) is 28.8 Å². The van der Waals surface area contributed by atoms with Gasteiger partial charge in [-0.05, 0) is 60.0 Å². The summed E-state index contributed by atoms with van der Waals surface area (Å²) in [5.74, 6) is 1.24. The SMILES string of the molecule is N#Cc1cccc(-c2cccc(CNCCC3CN(c4ccc5c(n4)NC(=O)CS5)C(=O)O3)c2)c1. The van der Waals surface area contributed by atoms with Gasteiger partial charge < -0.3 is 15.4 Å². The Balaban J connectivity index is 1.14. The number of amides is 2. The minimum absolute atomic E-state index is 0.0960. The largest absolute Gasteiger partial charge is 0.444 e. The Morgan fingerprint density at radius 1 is 1.14 bits per heavy atom. The van der Waals surface area contributed by atoms with Crippen LogP contribution in [0.4, 0.5) is 16.4 Å². The van der Waals surface area contributed by atoms with E-state index in [0.717, 1.165) is 21.6 Å². The summed E-state index contributed by atoms with van der Waals surface area (Å²) in [6.07, 6.45) is 0.00494. The molecule has 8 nitrogen and oxygen atoms in total. The summed E-state index contributed by atoms with van der Waals surface area (Å²) in [6.45, 7) is 1.78. The molecule has 5 rings (SSSR count). The van der Waals surface area contributed by atoms with Crippen LogP contribution in [0.1, 0.15) is 17.5 Å². The highest BCUT2D eigenvalue weighted by atomic mass is 32.2. The number of anilines is 2. The van der Waals surface area contributed by atoms with E-state index in [0.29, 0.717) is 49.0 Å². The number of ether oxygens (including phenoxy) is 1. The van der Waals surface area contributed by atoms with Gasteiger partial charge in [0.2, 0.25) is 5.91 Å². The van der Waals surface area contributed by atoms with Crippen LogP contribution in [0.25, 0.3) is 11.1 Å². The highest BCUT2D eigenvalue weighted by Crippen LogP contribution is 2.32. The van der Waals surface area contributed by atoms with E-state index in [1.54, 1.807) is 12.1 Å². The van der Waals surface area contributed by atoms with E-state index < -0.39 is 6.09 Å². The number of cyclic esters (lactones) is 1. The van der Waals surface area contributed by atoms with Gasteiger partial charge in [0.1, 0.15) is 17.7 Å². The van der Waals surface area contributed by atoms with Crippen molar-refractivity contribution in [2.75, 3.05) is 29.1 Å². The van der Waals surface area contributed by atoms with Gasteiger partial charge in [-0.2, -0.15) is 5.26 Å². The van der Waals surface area contributed by atoms with Crippen molar-refractivity contribution in [2.45, 2.75) is 24.0 Å². The average molecular weight is 486 g/mol. The monoisotopic (exact) mass is 485 g/mol. The normalized spacial score (nSPS) is 16.9. The molecule has 0 radical (unpaired) electrons. The molecule has 0 aliphatic carbocycles. The van der Waals surface area contributed by atoms with Crippen LogP contribution in [0.15, 0.2) is 65.6 Å². The first kappa shape index (κ1) is 22.9. The molecule has 1 aromatic heterocycles. The third-order valence-electron chi connectivity index (χ3n) is 5.83. The fourth-order valence-electron chi connectivity index (χ4n) is 4.09. The first-order valence-electron chi connectivity index (χ1n) is 11.3. The Bertz CT molecular complexity index is 1320. The standard InChI is InChI=1S/C26H23N5O3S/c27-13-17-3-1-5-19(11-17)20-6-2-4-18(12-20)14-28-10-9-21-15-31(26(33)34-21)23-8-7-22-25(29-23)30-24(32)16-35-22/h1-8,11-12,21,28H,9-10,14-16H2,(H,29,30,32). The molecule has 9 heteroatoms. The smallest absolute Gasteiger partial charge is 0.415 e. The molecule has 1 unspecified atom stereocenters. The van der Waals surface area contributed by atoms with Gasteiger partial charge in [-0.25, -0.2) is 9.78 Å². The summed E-state index contributed by atoms with van der Waals surface area (Å²) in [4.78, 5) is 30.9. The zero-order valence-electron chi connectivity index (χ0n) is 18.9. The first-order valence-corrected chi connectivity index (χ1v) is 12.3. The van der Waals surface area contributed by atoms with Gasteiger partial charge in [0.25, 0.3) is 0 Å². The van der Waals surface area contributed by atoms with E-state index in [-0.39, 0.29) is 12.0 Å². The number of pyridine rings is 1. The van der Waals surface area contributed by atoms with Crippen LogP contribution in [-0.4, -0.2) is 41.9 Å². The van der Waals surface area contributed by atoms with E-state index in [1.165, 1.54) is 16.7 Å². The summed E-state index contributed by atoms with van der Waals surface area (Å²) in [5, 5.41) is 15.3. The summed E-state index contributed by atoms with van der Waals surface area (Å²) in [6, 6.07) is 21.6. The van der Waals surface area contributed by atoms with Crippen molar-refractivity contribution in [2.24, 2.45) is 0 Å². The molecule has 2 aliphatic heterocycles. The molecule has 1 saturated heterocycles. The van der Waals surface area contributed by atoms with Crippen molar-refractivity contribution < 1.29 is 14.3 Å². The molecule has 3 heterocycles. The third kappa shape index (κ3) is 5.29. The third-order valence-corrected chi connectivity index (χ3v) is 6.88. The lowest BCUT2D eigenvalue weighted by Gasteiger charge is -2.18. The molecule has 2 aromatic carbocycles. The van der Waals surface area contributed by atoms with Crippen molar-refractivity contribution in [1.82, 2.24) is 10.3 Å². The second-order valence-corrected chi connectivity index (χ2v) is 9.35. The quantitative estimate of drug-likeness (QED) is 0.484. The lowest BCUT2D eigenvalue weighted by atomic mass is 10.0. The second-order valence-electron chi connectivity index (χ2n) is 8.33. The summed E-state index contributed by atoms with van der Waals surface area (Å²) < 4.78 is 5.53. The topological polar surface area (TPSA) is 107 Å². The number of nitrogens with one attached hydrogen (secondary N) is 2. The van der Waals surface area contributed by atoms with Crippen LogP contribution < -0.4 is 15.5 Å². The Morgan fingerprint density at radius 2 is 1.97 bits per heavy atom. The van der Waals surface area contributed by atoms with Crippen molar-refractivity contribution in [3.05, 3.63) is 71.8 Å². The molecule has 1 atom stereocenters. The fraction of sp³-hybridized carbons (Fsp3) is 0.231. The average Bonchev–Trinajstić information content (AvgIpc) is 3.26. The number of thioether (sulfide) groups is 1. The van der Waals surface area contributed by atoms with Crippen LogP contribution in [0.3, 0.4) is 0 Å². The van der Waals surface area contributed by atoms with E-state index in [4.69, 9.17) is 10.00 Å². The van der Waals surface area contributed by atoms with Crippen molar-refractivity contribution in [3.63, 3.8) is 0 Å². The van der Waals surface area contributed by atoms with E-state index in [9.17, 15) is 9.59 Å². The van der Waals surface area contributed by atoms with Crippen molar-refractivity contribution in [3.8, 4) is 17.2 Å². The van der Waals surface area contributed by atoms with Crippen molar-refractivity contribution >= 4 is 35.4 Å². The number of nitrogens with zero attached hydrogens (tertiary/aromatic N) is 3. The Morgan fingerprint density at radius 3 is 2.83 bits per heavy atom. The predicted octanol–water partition coefficient (Wildman–Crippen LogP) is 4.17. The molecular formula is C26H23N5O3S. The number of hydrogen-bond acceptors (Lipinski definition) is 7. The number of fused-ring (bicyclic) bond motifs is 1. The molecule has 3 aromatic rings. The summed E-state index contributed by atoms with van der Waals surface area (Å²) in [5.41, 5.74) is 3.85. The lowest BCUT2D eigenvalue weighted by Crippen LogP contribution is -2.28. The molecule has 0 bridgehead atoms. The maximum Gasteiger partial charge on any atom is 0.415 e. The Labute approximate surface area is 207 Å². The van der Waals surface area contributed by atoms with Gasteiger partial charge >= 0.3 is 6.09 Å². The summed E-state index contributed by atoms with van der Waals surface area (Å²) >= 11 is 1.43. The molecular weight excluding hydrogens is 462 g/mol. The van der Waals surface area contributed by atoms with Gasteiger partial charge in [0, 0.05) is 6.54 Å². The highest BCUT2D eigenvalue weighted by Gasteiger charge is 2.33. The van der Waals surface area contributed by atoms with E-state index >= 15 is 0 Å². The maximum atomic E-state index is 12.4. The number of nitriles is 1. The van der Waals surface area contributed by atoms with Crippen LogP contribution in [0, 0.1) is 11.3 Å². The molecule has 176 valence electrons. The fourth-order valence-corrected chi connectivity index (χ4v) is 4.84. The Hall–Kier alpha value is -3.87. The number of carbonyl (C=O) groups excluding carboxylic acids is 2. The van der Waals surface area contributed by atoms with Gasteiger partial charge in [-0.3, -0.25) is 9.69 Å². The molecule has 2 aliphatic rings. The van der Waals surface area contributed by atoms with E-state index in [1.807, 2.05) is 36.4 Å². The van der Waals surface area contributed by atoms with Crippen LogP contribution >= 0.6 is 11.8 Å². The van der Waals surface area contributed by atoms with Crippen LogP contribution in [-0.2, 0) is 16.1 Å². The van der Waals surface area contributed by atoms with Crippen molar-refractivity contribution in [1.29, 1.82) is 5.26 Å². The second kappa shape index (κ2) is 10.2. The summed E-state index contributed by atoms with van der Waals surface area (Å²) in [7, 11) is 0. The number of aromatic nitrogens is 1. The zero-order chi connectivity index (χ0) is 24.2. The van der Waals surface area contributed by atoms with Gasteiger partial charge in [0.15, 0.2) is 0 Å². The van der Waals surface area contributed by atoms with Gasteiger partial charge in [-0.15, -0.1) is 11.8 Å². The van der Waals surface area contributed by atoms with Crippen LogP contribution in [0.5, 0.6) is 0 Å². The highest BCUT2D eigenvalue weighted by molar-refractivity contribution is 8.00. The molecule has 2 amide bonds. The Kier molecular flexibility index (Phi) is 6.66. The number of carbonyl (C=O) groups is 2. The number of hydrogen-bond donors (Lipinski definition) is 2. The first-order chi connectivity index (χ1) is 17.1. The molecule has 1 fully saturated rings. The minimum atomic E-state index is -0.426. The van der Waals surface area contributed by atoms with Crippen LogP contribution in [0.2, 0.25) is 0 Å². The molecule has 2 N–H and O–H groups in total. The molecule has 0 spiro atoms. The lowest BCUT2D eigenvalue weighted by molar-refractivity contribution is -0.113. The number of rotatable bonds is 7. The van der Waals surface area contributed by atoms with E-state index in [2.05, 4.69) is 33.8 Å². The minimum Gasteiger partial charge on any atom is -0.444 e. The number of benzene rings is 2. The predicted molar refractivity (Wildman–Crippen MR) is 134 cm³/mol.